The Labute approximate surface area is 144 Å². The summed E-state index contributed by atoms with van der Waals surface area (Å²) in [5.41, 5.74) is 3.28. The van der Waals surface area contributed by atoms with Gasteiger partial charge in [0.25, 0.3) is 0 Å². The molecule has 24 heavy (non-hydrogen) atoms. The molecule has 130 valence electrons. The molecule has 1 atom stereocenters. The zero-order valence-corrected chi connectivity index (χ0v) is 15.0. The molecule has 1 aliphatic rings. The summed E-state index contributed by atoms with van der Waals surface area (Å²) in [4.78, 5) is 24.7. The highest BCUT2D eigenvalue weighted by Gasteiger charge is 2.33. The lowest BCUT2D eigenvalue weighted by Gasteiger charge is -2.28. The van der Waals surface area contributed by atoms with Crippen LogP contribution in [0.15, 0.2) is 35.5 Å². The van der Waals surface area contributed by atoms with E-state index in [1.165, 1.54) is 0 Å². The summed E-state index contributed by atoms with van der Waals surface area (Å²) in [6.45, 7) is 8.41. The molecule has 1 aromatic rings. The van der Waals surface area contributed by atoms with Gasteiger partial charge in [0.1, 0.15) is 0 Å². The van der Waals surface area contributed by atoms with Crippen molar-refractivity contribution < 1.29 is 14.3 Å². The number of esters is 1. The van der Waals surface area contributed by atoms with E-state index >= 15 is 0 Å². The van der Waals surface area contributed by atoms with Crippen LogP contribution in [0.5, 0.6) is 0 Å². The molecule has 0 saturated carbocycles. The van der Waals surface area contributed by atoms with E-state index in [9.17, 15) is 9.59 Å². The van der Waals surface area contributed by atoms with Crippen molar-refractivity contribution in [1.29, 1.82) is 0 Å². The fourth-order valence-corrected chi connectivity index (χ4v) is 3.21. The summed E-state index contributed by atoms with van der Waals surface area (Å²) in [6.07, 6.45) is 2.25. The van der Waals surface area contributed by atoms with Crippen LogP contribution in [0.3, 0.4) is 0 Å². The first kappa shape index (κ1) is 18.2. The lowest BCUT2D eigenvalue weighted by Crippen LogP contribution is -2.34. The van der Waals surface area contributed by atoms with Crippen LogP contribution in [0.25, 0.3) is 0 Å². The van der Waals surface area contributed by atoms with Gasteiger partial charge in [-0.25, -0.2) is 4.79 Å². The van der Waals surface area contributed by atoms with Gasteiger partial charge in [-0.2, -0.15) is 0 Å². The molecule has 1 aliphatic heterocycles. The minimum atomic E-state index is -0.312. The Morgan fingerprint density at radius 2 is 1.92 bits per heavy atom. The van der Waals surface area contributed by atoms with Gasteiger partial charge in [-0.3, -0.25) is 4.79 Å². The second-order valence-electron chi connectivity index (χ2n) is 6.48. The minimum absolute atomic E-state index is 0.0581. The molecule has 0 aromatic heterocycles. The number of amides is 1. The number of hydrogen-bond acceptors (Lipinski definition) is 3. The molecule has 1 aromatic carbocycles. The van der Waals surface area contributed by atoms with Gasteiger partial charge in [-0.05, 0) is 30.9 Å². The smallest absolute Gasteiger partial charge is 0.336 e. The SMILES string of the molecule is CCC(CC)COC(=O)C1=C(C)NC(=O)C[C@@H]1c1ccccc1C. The molecule has 0 radical (unpaired) electrons. The minimum Gasteiger partial charge on any atom is -0.462 e. The third-order valence-electron chi connectivity index (χ3n) is 4.86. The Hall–Kier alpha value is -2.10. The first-order chi connectivity index (χ1) is 11.5. The normalized spacial score (nSPS) is 17.9. The molecule has 0 saturated heterocycles. The van der Waals surface area contributed by atoms with Crippen LogP contribution in [-0.4, -0.2) is 18.5 Å². The Bertz CT molecular complexity index is 644. The Kier molecular flexibility index (Phi) is 6.18. The molecule has 0 spiro atoms. The maximum Gasteiger partial charge on any atom is 0.336 e. The molecule has 1 amide bonds. The lowest BCUT2D eigenvalue weighted by atomic mass is 9.82. The summed E-state index contributed by atoms with van der Waals surface area (Å²) >= 11 is 0. The van der Waals surface area contributed by atoms with Gasteiger partial charge in [-0.15, -0.1) is 0 Å². The van der Waals surface area contributed by atoms with Crippen molar-refractivity contribution >= 4 is 11.9 Å². The molecule has 4 heteroatoms. The number of aryl methyl sites for hydroxylation is 1. The number of carbonyl (C=O) groups excluding carboxylic acids is 2. The van der Waals surface area contributed by atoms with Crippen LogP contribution in [-0.2, 0) is 14.3 Å². The predicted octanol–water partition coefficient (Wildman–Crippen LogP) is 3.85. The van der Waals surface area contributed by atoms with E-state index in [4.69, 9.17) is 4.74 Å². The summed E-state index contributed by atoms with van der Waals surface area (Å²) in [6, 6.07) is 7.89. The first-order valence-corrected chi connectivity index (χ1v) is 8.71. The van der Waals surface area contributed by atoms with E-state index in [1.807, 2.05) is 31.2 Å². The van der Waals surface area contributed by atoms with Crippen LogP contribution < -0.4 is 5.32 Å². The maximum atomic E-state index is 12.7. The van der Waals surface area contributed by atoms with Gasteiger partial charge in [0.2, 0.25) is 5.91 Å². The van der Waals surface area contributed by atoms with Gasteiger partial charge in [0, 0.05) is 18.0 Å². The number of ether oxygens (including phenoxy) is 1. The average molecular weight is 329 g/mol. The van der Waals surface area contributed by atoms with E-state index in [2.05, 4.69) is 19.2 Å². The lowest BCUT2D eigenvalue weighted by molar-refractivity contribution is -0.141. The highest BCUT2D eigenvalue weighted by Crippen LogP contribution is 2.35. The molecule has 0 aliphatic carbocycles. The van der Waals surface area contributed by atoms with E-state index < -0.39 is 0 Å². The number of rotatable bonds is 6. The van der Waals surface area contributed by atoms with Gasteiger partial charge < -0.3 is 10.1 Å². The fourth-order valence-electron chi connectivity index (χ4n) is 3.21. The predicted molar refractivity (Wildman–Crippen MR) is 94.4 cm³/mol. The standard InChI is InChI=1S/C20H27NO3/c1-5-15(6-2)12-24-20(23)19-14(4)21-18(22)11-17(19)16-10-8-7-9-13(16)3/h7-10,15,17H,5-6,11-12H2,1-4H3,(H,21,22)/t17-/m1/s1. The van der Waals surface area contributed by atoms with E-state index in [-0.39, 0.29) is 24.2 Å². The monoisotopic (exact) mass is 329 g/mol. The molecule has 2 rings (SSSR count). The van der Waals surface area contributed by atoms with Crippen LogP contribution in [0.2, 0.25) is 0 Å². The van der Waals surface area contributed by atoms with E-state index in [1.54, 1.807) is 6.92 Å². The molecular formula is C20H27NO3. The van der Waals surface area contributed by atoms with Crippen LogP contribution in [0, 0.1) is 12.8 Å². The number of carbonyl (C=O) groups is 2. The zero-order valence-electron chi connectivity index (χ0n) is 15.0. The number of nitrogens with one attached hydrogen (secondary N) is 1. The first-order valence-electron chi connectivity index (χ1n) is 8.71. The second kappa shape index (κ2) is 8.13. The quantitative estimate of drug-likeness (QED) is 0.807. The summed E-state index contributed by atoms with van der Waals surface area (Å²) in [7, 11) is 0. The van der Waals surface area contributed by atoms with Crippen molar-refractivity contribution in [3.63, 3.8) is 0 Å². The molecular weight excluding hydrogens is 302 g/mol. The fraction of sp³-hybridized carbons (Fsp3) is 0.500. The third-order valence-corrected chi connectivity index (χ3v) is 4.86. The average Bonchev–Trinajstić information content (AvgIpc) is 2.55. The zero-order chi connectivity index (χ0) is 17.7. The molecule has 1 N–H and O–H groups in total. The van der Waals surface area contributed by atoms with Crippen LogP contribution >= 0.6 is 0 Å². The van der Waals surface area contributed by atoms with Crippen molar-refractivity contribution in [3.8, 4) is 0 Å². The van der Waals surface area contributed by atoms with Crippen molar-refractivity contribution in [3.05, 3.63) is 46.7 Å². The number of hydrogen-bond donors (Lipinski definition) is 1. The van der Waals surface area contributed by atoms with Gasteiger partial charge in [0.05, 0.1) is 12.2 Å². The van der Waals surface area contributed by atoms with Crippen LogP contribution in [0.1, 0.15) is 57.1 Å². The summed E-state index contributed by atoms with van der Waals surface area (Å²) < 4.78 is 5.57. The Balaban J connectivity index is 2.29. The topological polar surface area (TPSA) is 55.4 Å². The number of benzene rings is 1. The van der Waals surface area contributed by atoms with Crippen molar-refractivity contribution in [2.45, 2.75) is 52.9 Å². The molecule has 0 fully saturated rings. The molecule has 0 bridgehead atoms. The molecule has 0 unspecified atom stereocenters. The highest BCUT2D eigenvalue weighted by atomic mass is 16.5. The summed E-state index contributed by atoms with van der Waals surface area (Å²) in [5.74, 6) is -0.232. The van der Waals surface area contributed by atoms with Crippen LogP contribution in [0.4, 0.5) is 0 Å². The molecule has 4 nitrogen and oxygen atoms in total. The van der Waals surface area contributed by atoms with Crippen molar-refractivity contribution in [1.82, 2.24) is 5.32 Å². The van der Waals surface area contributed by atoms with Gasteiger partial charge in [-0.1, -0.05) is 51.0 Å². The second-order valence-corrected chi connectivity index (χ2v) is 6.48. The van der Waals surface area contributed by atoms with Gasteiger partial charge in [0.15, 0.2) is 0 Å². The van der Waals surface area contributed by atoms with Crippen molar-refractivity contribution in [2.75, 3.05) is 6.61 Å². The highest BCUT2D eigenvalue weighted by molar-refractivity contribution is 5.95. The molecule has 1 heterocycles. The Morgan fingerprint density at radius 1 is 1.25 bits per heavy atom. The van der Waals surface area contributed by atoms with Crippen molar-refractivity contribution in [2.24, 2.45) is 5.92 Å². The maximum absolute atomic E-state index is 12.7. The van der Waals surface area contributed by atoms with E-state index in [0.29, 0.717) is 23.8 Å². The Morgan fingerprint density at radius 3 is 2.54 bits per heavy atom. The summed E-state index contributed by atoms with van der Waals surface area (Å²) in [5, 5.41) is 2.78. The third kappa shape index (κ3) is 4.05. The van der Waals surface area contributed by atoms with Gasteiger partial charge >= 0.3 is 5.97 Å². The van der Waals surface area contributed by atoms with E-state index in [0.717, 1.165) is 24.0 Å². The largest absolute Gasteiger partial charge is 0.462 e. The number of allylic oxidation sites excluding steroid dienone is 1.